The maximum atomic E-state index is 13.8. The summed E-state index contributed by atoms with van der Waals surface area (Å²) < 4.78 is 5.26. The van der Waals surface area contributed by atoms with Gasteiger partial charge in [-0.3, -0.25) is 9.59 Å². The van der Waals surface area contributed by atoms with Gasteiger partial charge in [-0.2, -0.15) is 0 Å². The minimum absolute atomic E-state index is 0.0398. The molecule has 2 heterocycles. The van der Waals surface area contributed by atoms with E-state index in [-0.39, 0.29) is 24.3 Å². The molecule has 2 saturated heterocycles. The Balaban J connectivity index is 1.74. The van der Waals surface area contributed by atoms with Crippen molar-refractivity contribution in [1.29, 1.82) is 0 Å². The molecule has 2 aliphatic rings. The number of morpholine rings is 1. The molecule has 4 rings (SSSR count). The summed E-state index contributed by atoms with van der Waals surface area (Å²) in [5.41, 5.74) is 1.35. The number of rotatable bonds is 6. The molecule has 5 nitrogen and oxygen atoms in total. The average molecular weight is 392 g/mol. The lowest BCUT2D eigenvalue weighted by atomic mass is 9.66. The minimum Gasteiger partial charge on any atom is -0.370 e. The van der Waals surface area contributed by atoms with Crippen molar-refractivity contribution in [3.8, 4) is 0 Å². The molecular formula is C24H28N2O3. The van der Waals surface area contributed by atoms with Gasteiger partial charge < -0.3 is 14.5 Å². The third kappa shape index (κ3) is 3.44. The van der Waals surface area contributed by atoms with Gasteiger partial charge in [-0.1, -0.05) is 60.7 Å². The Bertz CT molecular complexity index is 813. The van der Waals surface area contributed by atoms with E-state index < -0.39 is 5.41 Å². The summed E-state index contributed by atoms with van der Waals surface area (Å²) in [7, 11) is 0. The van der Waals surface area contributed by atoms with Crippen LogP contribution in [-0.2, 0) is 19.7 Å². The topological polar surface area (TPSA) is 49.9 Å². The molecule has 2 amide bonds. The molecule has 1 atom stereocenters. The zero-order valence-electron chi connectivity index (χ0n) is 16.9. The number of hydrogen-bond donors (Lipinski definition) is 0. The van der Waals surface area contributed by atoms with Gasteiger partial charge in [-0.05, 0) is 24.5 Å². The van der Waals surface area contributed by atoms with E-state index in [1.165, 1.54) is 0 Å². The van der Waals surface area contributed by atoms with Gasteiger partial charge in [0.25, 0.3) is 0 Å². The Morgan fingerprint density at radius 1 is 0.966 bits per heavy atom. The molecule has 0 aromatic heterocycles. The number of amides is 2. The van der Waals surface area contributed by atoms with E-state index in [0.717, 1.165) is 17.5 Å². The Hall–Kier alpha value is -2.66. The van der Waals surface area contributed by atoms with Gasteiger partial charge in [0.2, 0.25) is 11.8 Å². The zero-order valence-corrected chi connectivity index (χ0v) is 16.9. The Labute approximate surface area is 172 Å². The number of likely N-dealkylation sites (N-methyl/N-ethyl adjacent to an activating group) is 1. The van der Waals surface area contributed by atoms with Crippen molar-refractivity contribution in [2.45, 2.75) is 18.8 Å². The highest BCUT2D eigenvalue weighted by atomic mass is 16.5. The number of ether oxygens (including phenoxy) is 1. The van der Waals surface area contributed by atoms with Crippen molar-refractivity contribution in [2.24, 2.45) is 5.92 Å². The molecule has 2 aromatic carbocycles. The van der Waals surface area contributed by atoms with Crippen molar-refractivity contribution in [3.63, 3.8) is 0 Å². The maximum absolute atomic E-state index is 13.8. The highest BCUT2D eigenvalue weighted by Crippen LogP contribution is 2.47. The molecule has 2 fully saturated rings. The van der Waals surface area contributed by atoms with Crippen LogP contribution in [0, 0.1) is 5.92 Å². The third-order valence-corrected chi connectivity index (χ3v) is 6.35. The van der Waals surface area contributed by atoms with E-state index in [9.17, 15) is 9.59 Å². The zero-order chi connectivity index (χ0) is 20.3. The molecule has 0 radical (unpaired) electrons. The van der Waals surface area contributed by atoms with Gasteiger partial charge >= 0.3 is 0 Å². The van der Waals surface area contributed by atoms with Gasteiger partial charge in [-0.15, -0.1) is 0 Å². The van der Waals surface area contributed by atoms with Gasteiger partial charge in [0.1, 0.15) is 12.0 Å². The molecule has 152 valence electrons. The first-order valence-corrected chi connectivity index (χ1v) is 10.4. The van der Waals surface area contributed by atoms with Crippen molar-refractivity contribution in [2.75, 3.05) is 39.4 Å². The van der Waals surface area contributed by atoms with E-state index in [1.807, 2.05) is 53.1 Å². The SMILES string of the molecule is CCN1C[C@H](CCN2CCOCC2=O)C(c2ccccc2)(c2ccccc2)C1=O. The summed E-state index contributed by atoms with van der Waals surface area (Å²) in [5.74, 6) is 0.295. The van der Waals surface area contributed by atoms with Gasteiger partial charge in [0, 0.05) is 32.1 Å². The normalized spacial score (nSPS) is 21.6. The number of nitrogens with zero attached hydrogens (tertiary/aromatic N) is 2. The van der Waals surface area contributed by atoms with Crippen LogP contribution in [0.25, 0.3) is 0 Å². The van der Waals surface area contributed by atoms with Crippen LogP contribution in [0.5, 0.6) is 0 Å². The lowest BCUT2D eigenvalue weighted by Crippen LogP contribution is -2.45. The fourth-order valence-electron chi connectivity index (χ4n) is 4.88. The first-order chi connectivity index (χ1) is 14.2. The van der Waals surface area contributed by atoms with E-state index in [0.29, 0.717) is 32.8 Å². The maximum Gasteiger partial charge on any atom is 0.248 e. The lowest BCUT2D eigenvalue weighted by Gasteiger charge is -2.36. The fourth-order valence-corrected chi connectivity index (χ4v) is 4.88. The second kappa shape index (κ2) is 8.37. The van der Waals surface area contributed by atoms with Gasteiger partial charge in [-0.25, -0.2) is 0 Å². The monoisotopic (exact) mass is 392 g/mol. The summed E-state index contributed by atoms with van der Waals surface area (Å²) in [6.45, 7) is 5.45. The molecule has 0 bridgehead atoms. The summed E-state index contributed by atoms with van der Waals surface area (Å²) in [5, 5.41) is 0. The predicted molar refractivity (Wildman–Crippen MR) is 111 cm³/mol. The Morgan fingerprint density at radius 2 is 1.59 bits per heavy atom. The van der Waals surface area contributed by atoms with Crippen molar-refractivity contribution < 1.29 is 14.3 Å². The summed E-state index contributed by atoms with van der Waals surface area (Å²) in [6.07, 6.45) is 0.776. The van der Waals surface area contributed by atoms with Gasteiger partial charge in [0.05, 0.1) is 6.61 Å². The highest BCUT2D eigenvalue weighted by Gasteiger charge is 2.55. The van der Waals surface area contributed by atoms with E-state index >= 15 is 0 Å². The van der Waals surface area contributed by atoms with Crippen LogP contribution >= 0.6 is 0 Å². The second-order valence-corrected chi connectivity index (χ2v) is 7.80. The smallest absolute Gasteiger partial charge is 0.248 e. The number of carbonyl (C=O) groups is 2. The number of benzene rings is 2. The summed E-state index contributed by atoms with van der Waals surface area (Å²) >= 11 is 0. The molecule has 2 aromatic rings. The fraction of sp³-hybridized carbons (Fsp3) is 0.417. The molecule has 2 aliphatic heterocycles. The first-order valence-electron chi connectivity index (χ1n) is 10.4. The van der Waals surface area contributed by atoms with Crippen LogP contribution in [0.15, 0.2) is 60.7 Å². The standard InChI is InChI=1S/C24H28N2O3/c1-2-25-17-21(13-14-26-15-16-29-18-22(26)27)24(23(25)28,19-9-5-3-6-10-19)20-11-7-4-8-12-20/h3-12,21H,2,13-18H2,1H3/t21-/m0/s1. The van der Waals surface area contributed by atoms with Crippen LogP contribution in [0.4, 0.5) is 0 Å². The van der Waals surface area contributed by atoms with Crippen LogP contribution in [0.2, 0.25) is 0 Å². The first kappa shape index (κ1) is 19.6. The Kier molecular flexibility index (Phi) is 5.67. The summed E-state index contributed by atoms with van der Waals surface area (Å²) in [4.78, 5) is 29.9. The van der Waals surface area contributed by atoms with Crippen LogP contribution in [0.3, 0.4) is 0 Å². The number of likely N-dealkylation sites (tertiary alicyclic amines) is 1. The van der Waals surface area contributed by atoms with Crippen molar-refractivity contribution >= 4 is 11.8 Å². The average Bonchev–Trinajstić information content (AvgIpc) is 3.06. The van der Waals surface area contributed by atoms with Crippen molar-refractivity contribution in [1.82, 2.24) is 9.80 Å². The lowest BCUT2D eigenvalue weighted by molar-refractivity contribution is -0.142. The molecule has 0 saturated carbocycles. The van der Waals surface area contributed by atoms with E-state index in [2.05, 4.69) is 24.3 Å². The molecule has 29 heavy (non-hydrogen) atoms. The highest BCUT2D eigenvalue weighted by molar-refractivity contribution is 5.94. The number of carbonyl (C=O) groups excluding carboxylic acids is 2. The predicted octanol–water partition coefficient (Wildman–Crippen LogP) is 2.70. The van der Waals surface area contributed by atoms with E-state index in [4.69, 9.17) is 4.74 Å². The second-order valence-electron chi connectivity index (χ2n) is 7.80. The Morgan fingerprint density at radius 3 is 2.14 bits per heavy atom. The third-order valence-electron chi connectivity index (χ3n) is 6.35. The van der Waals surface area contributed by atoms with E-state index in [1.54, 1.807) is 0 Å². The molecule has 0 unspecified atom stereocenters. The van der Waals surface area contributed by atoms with Crippen LogP contribution < -0.4 is 0 Å². The molecule has 0 N–H and O–H groups in total. The summed E-state index contributed by atoms with van der Waals surface area (Å²) in [6, 6.07) is 20.3. The van der Waals surface area contributed by atoms with Crippen LogP contribution in [-0.4, -0.2) is 61.0 Å². The number of hydrogen-bond acceptors (Lipinski definition) is 3. The van der Waals surface area contributed by atoms with Crippen LogP contribution in [0.1, 0.15) is 24.5 Å². The largest absolute Gasteiger partial charge is 0.370 e. The molecule has 5 heteroatoms. The van der Waals surface area contributed by atoms with Crippen molar-refractivity contribution in [3.05, 3.63) is 71.8 Å². The van der Waals surface area contributed by atoms with Gasteiger partial charge in [0.15, 0.2) is 0 Å². The molecular weight excluding hydrogens is 364 g/mol. The quantitative estimate of drug-likeness (QED) is 0.760. The minimum atomic E-state index is -0.714. The molecule has 0 spiro atoms. The molecule has 0 aliphatic carbocycles.